The molecule has 0 aliphatic carbocycles. The Morgan fingerprint density at radius 3 is 3.29 bits per heavy atom. The van der Waals surface area contributed by atoms with E-state index in [1.165, 1.54) is 4.88 Å². The molecule has 0 spiro atoms. The Balaban J connectivity index is 1.95. The Morgan fingerprint density at radius 1 is 1.71 bits per heavy atom. The molecule has 2 heterocycles. The van der Waals surface area contributed by atoms with Gasteiger partial charge in [0.1, 0.15) is 0 Å². The first kappa shape index (κ1) is 12.2. The third-order valence-electron chi connectivity index (χ3n) is 2.95. The van der Waals surface area contributed by atoms with Gasteiger partial charge in [0.05, 0.1) is 19.1 Å². The monoisotopic (exact) mass is 248 g/mol. The Labute approximate surface area is 106 Å². The van der Waals surface area contributed by atoms with Gasteiger partial charge in [0.15, 0.2) is 0 Å². The van der Waals surface area contributed by atoms with Crippen LogP contribution in [-0.4, -0.2) is 30.4 Å². The number of amides is 1. The van der Waals surface area contributed by atoms with Crippen molar-refractivity contribution in [1.82, 2.24) is 10.2 Å². The maximum Gasteiger partial charge on any atom is 0.237 e. The molecule has 1 fully saturated rings. The van der Waals surface area contributed by atoms with E-state index in [4.69, 9.17) is 6.42 Å². The highest BCUT2D eigenvalue weighted by Gasteiger charge is 2.29. The Hall–Kier alpha value is -1.31. The molecule has 1 unspecified atom stereocenters. The zero-order valence-corrected chi connectivity index (χ0v) is 10.5. The largest absolute Gasteiger partial charge is 0.334 e. The van der Waals surface area contributed by atoms with Gasteiger partial charge in [-0.1, -0.05) is 12.0 Å². The number of nitrogens with one attached hydrogen (secondary N) is 1. The quantitative estimate of drug-likeness (QED) is 0.649. The molecule has 0 radical (unpaired) electrons. The van der Waals surface area contributed by atoms with E-state index in [1.807, 2.05) is 11.0 Å². The van der Waals surface area contributed by atoms with E-state index in [2.05, 4.69) is 22.7 Å². The molecule has 1 amide bonds. The Kier molecular flexibility index (Phi) is 4.18. The number of thiophene rings is 1. The highest BCUT2D eigenvalue weighted by molar-refractivity contribution is 7.10. The number of rotatable bonds is 4. The van der Waals surface area contributed by atoms with Crippen LogP contribution in [-0.2, 0) is 4.79 Å². The number of nitrogens with zero attached hydrogens (tertiary/aromatic N) is 1. The first-order valence-electron chi connectivity index (χ1n) is 5.80. The van der Waals surface area contributed by atoms with Gasteiger partial charge in [0, 0.05) is 11.4 Å². The summed E-state index contributed by atoms with van der Waals surface area (Å²) in [5.74, 6) is 2.62. The summed E-state index contributed by atoms with van der Waals surface area (Å²) < 4.78 is 0. The molecule has 1 atom stereocenters. The number of carbonyl (C=O) groups excluding carboxylic acids is 1. The second kappa shape index (κ2) is 5.85. The predicted octanol–water partition coefficient (Wildman–Crippen LogP) is 1.63. The molecule has 1 aliphatic rings. The van der Waals surface area contributed by atoms with Crippen LogP contribution < -0.4 is 5.32 Å². The maximum atomic E-state index is 12.0. The van der Waals surface area contributed by atoms with Gasteiger partial charge < -0.3 is 4.90 Å². The number of carbonyl (C=O) groups is 1. The van der Waals surface area contributed by atoms with E-state index in [1.54, 1.807) is 11.3 Å². The lowest BCUT2D eigenvalue weighted by Crippen LogP contribution is -2.37. The molecule has 1 saturated heterocycles. The van der Waals surface area contributed by atoms with Crippen LogP contribution in [0.5, 0.6) is 0 Å². The van der Waals surface area contributed by atoms with Gasteiger partial charge in [0.2, 0.25) is 5.91 Å². The van der Waals surface area contributed by atoms with Crippen LogP contribution in [0.2, 0.25) is 0 Å². The summed E-state index contributed by atoms with van der Waals surface area (Å²) in [5, 5.41) is 5.02. The highest BCUT2D eigenvalue weighted by atomic mass is 32.1. The standard InChI is InChI=1S/C13H16N2OS/c1-2-7-14-10-13(16)15-8-3-5-11(15)12-6-4-9-17-12/h1,4,6,9,11,14H,3,5,7-8,10H2. The summed E-state index contributed by atoms with van der Waals surface area (Å²) in [6.07, 6.45) is 7.29. The van der Waals surface area contributed by atoms with Crippen molar-refractivity contribution >= 4 is 17.2 Å². The molecule has 3 nitrogen and oxygen atoms in total. The van der Waals surface area contributed by atoms with Crippen molar-refractivity contribution in [2.75, 3.05) is 19.6 Å². The lowest BCUT2D eigenvalue weighted by atomic mass is 10.2. The fraction of sp³-hybridized carbons (Fsp3) is 0.462. The summed E-state index contributed by atoms with van der Waals surface area (Å²) in [7, 11) is 0. The van der Waals surface area contributed by atoms with Crippen LogP contribution >= 0.6 is 11.3 Å². The molecule has 17 heavy (non-hydrogen) atoms. The van der Waals surface area contributed by atoms with E-state index in [-0.39, 0.29) is 11.9 Å². The van der Waals surface area contributed by atoms with Crippen molar-refractivity contribution in [3.63, 3.8) is 0 Å². The minimum Gasteiger partial charge on any atom is -0.334 e. The van der Waals surface area contributed by atoms with Crippen molar-refractivity contribution in [2.24, 2.45) is 0 Å². The molecular formula is C13H16N2OS. The molecular weight excluding hydrogens is 232 g/mol. The smallest absolute Gasteiger partial charge is 0.237 e. The van der Waals surface area contributed by atoms with Gasteiger partial charge in [0.25, 0.3) is 0 Å². The third-order valence-corrected chi connectivity index (χ3v) is 3.92. The van der Waals surface area contributed by atoms with Gasteiger partial charge >= 0.3 is 0 Å². The summed E-state index contributed by atoms with van der Waals surface area (Å²) in [5.41, 5.74) is 0. The van der Waals surface area contributed by atoms with Crippen molar-refractivity contribution in [3.05, 3.63) is 22.4 Å². The lowest BCUT2D eigenvalue weighted by molar-refractivity contribution is -0.131. The van der Waals surface area contributed by atoms with E-state index < -0.39 is 0 Å². The highest BCUT2D eigenvalue weighted by Crippen LogP contribution is 2.34. The molecule has 1 N–H and O–H groups in total. The topological polar surface area (TPSA) is 32.3 Å². The second-order valence-corrected chi connectivity index (χ2v) is 5.05. The Morgan fingerprint density at radius 2 is 2.59 bits per heavy atom. The normalized spacial score (nSPS) is 19.2. The summed E-state index contributed by atoms with van der Waals surface area (Å²) in [6.45, 7) is 1.65. The van der Waals surface area contributed by atoms with Crippen LogP contribution in [0.15, 0.2) is 17.5 Å². The first-order chi connectivity index (χ1) is 8.33. The van der Waals surface area contributed by atoms with Crippen molar-refractivity contribution < 1.29 is 4.79 Å². The molecule has 2 rings (SSSR count). The summed E-state index contributed by atoms with van der Waals surface area (Å²) in [6, 6.07) is 4.42. The fourth-order valence-electron chi connectivity index (χ4n) is 2.19. The van der Waals surface area contributed by atoms with Crippen LogP contribution in [0.25, 0.3) is 0 Å². The SMILES string of the molecule is C#CCNCC(=O)N1CCCC1c1cccs1. The van der Waals surface area contributed by atoms with Gasteiger partial charge in [-0.05, 0) is 24.3 Å². The fourth-order valence-corrected chi connectivity index (χ4v) is 3.06. The average molecular weight is 248 g/mol. The van der Waals surface area contributed by atoms with E-state index in [9.17, 15) is 4.79 Å². The Bertz CT molecular complexity index is 408. The van der Waals surface area contributed by atoms with Crippen molar-refractivity contribution in [2.45, 2.75) is 18.9 Å². The van der Waals surface area contributed by atoms with Crippen molar-refractivity contribution in [3.8, 4) is 12.3 Å². The second-order valence-electron chi connectivity index (χ2n) is 4.07. The van der Waals surface area contributed by atoms with Gasteiger partial charge in [-0.25, -0.2) is 0 Å². The van der Waals surface area contributed by atoms with Crippen LogP contribution in [0.3, 0.4) is 0 Å². The molecule has 1 aliphatic heterocycles. The van der Waals surface area contributed by atoms with Gasteiger partial charge in [-0.3, -0.25) is 10.1 Å². The van der Waals surface area contributed by atoms with Crippen LogP contribution in [0, 0.1) is 12.3 Å². The number of likely N-dealkylation sites (tertiary alicyclic amines) is 1. The molecule has 0 aromatic carbocycles. The maximum absolute atomic E-state index is 12.0. The zero-order valence-electron chi connectivity index (χ0n) is 9.69. The first-order valence-corrected chi connectivity index (χ1v) is 6.68. The number of terminal acetylenes is 1. The molecule has 1 aromatic rings. The van der Waals surface area contributed by atoms with Crippen LogP contribution in [0.4, 0.5) is 0 Å². The number of hydrogen-bond acceptors (Lipinski definition) is 3. The molecule has 0 bridgehead atoms. The molecule has 0 saturated carbocycles. The molecule has 90 valence electrons. The van der Waals surface area contributed by atoms with E-state index in [0.29, 0.717) is 13.1 Å². The number of hydrogen-bond donors (Lipinski definition) is 1. The lowest BCUT2D eigenvalue weighted by Gasteiger charge is -2.23. The third kappa shape index (κ3) is 2.87. The van der Waals surface area contributed by atoms with Crippen LogP contribution in [0.1, 0.15) is 23.8 Å². The molecule has 1 aromatic heterocycles. The van der Waals surface area contributed by atoms with Gasteiger partial charge in [-0.2, -0.15) is 0 Å². The van der Waals surface area contributed by atoms with E-state index >= 15 is 0 Å². The zero-order chi connectivity index (χ0) is 12.1. The predicted molar refractivity (Wildman–Crippen MR) is 69.7 cm³/mol. The summed E-state index contributed by atoms with van der Waals surface area (Å²) in [4.78, 5) is 15.3. The minimum absolute atomic E-state index is 0.149. The van der Waals surface area contributed by atoms with E-state index in [0.717, 1.165) is 19.4 Å². The average Bonchev–Trinajstić information content (AvgIpc) is 2.99. The summed E-state index contributed by atoms with van der Waals surface area (Å²) >= 11 is 1.72. The minimum atomic E-state index is 0.149. The van der Waals surface area contributed by atoms with Crippen molar-refractivity contribution in [1.29, 1.82) is 0 Å². The molecule has 4 heteroatoms. The van der Waals surface area contributed by atoms with Gasteiger partial charge in [-0.15, -0.1) is 17.8 Å².